The number of benzene rings is 2. The third-order valence-electron chi connectivity index (χ3n) is 5.51. The lowest BCUT2D eigenvalue weighted by Gasteiger charge is -2.22. The Morgan fingerprint density at radius 1 is 0.833 bits per heavy atom. The second kappa shape index (κ2) is 13.0. The molecule has 1 aliphatic rings. The van der Waals surface area contributed by atoms with Gasteiger partial charge in [-0.25, -0.2) is 0 Å². The molecule has 0 unspecified atom stereocenters. The fourth-order valence-electron chi connectivity index (χ4n) is 3.83. The summed E-state index contributed by atoms with van der Waals surface area (Å²) in [6.45, 7) is 3.70. The van der Waals surface area contributed by atoms with Gasteiger partial charge in [0, 0.05) is 25.7 Å². The molecule has 1 amide bonds. The molecule has 2 aromatic rings. The predicted molar refractivity (Wildman–Crippen MR) is 122 cm³/mol. The molecule has 1 saturated carbocycles. The van der Waals surface area contributed by atoms with E-state index in [1.54, 1.807) is 6.07 Å². The monoisotopic (exact) mass is 409 g/mol. The Kier molecular flexibility index (Phi) is 9.70. The molecule has 0 radical (unpaired) electrons. The van der Waals surface area contributed by atoms with Crippen molar-refractivity contribution < 1.29 is 9.53 Å². The van der Waals surface area contributed by atoms with Crippen LogP contribution in [0.4, 0.5) is 0 Å². The van der Waals surface area contributed by atoms with Gasteiger partial charge in [0.15, 0.2) is 0 Å². The Labute approximate surface area is 180 Å². The third-order valence-corrected chi connectivity index (χ3v) is 5.51. The van der Waals surface area contributed by atoms with E-state index in [1.807, 2.05) is 48.5 Å². The van der Waals surface area contributed by atoms with E-state index in [4.69, 9.17) is 4.74 Å². The molecule has 0 atom stereocenters. The van der Waals surface area contributed by atoms with Gasteiger partial charge >= 0.3 is 0 Å². The molecule has 5 nitrogen and oxygen atoms in total. The van der Waals surface area contributed by atoms with Crippen molar-refractivity contribution in [3.8, 4) is 11.5 Å². The van der Waals surface area contributed by atoms with Gasteiger partial charge in [0.2, 0.25) is 0 Å². The summed E-state index contributed by atoms with van der Waals surface area (Å²) in [6, 6.07) is 17.6. The number of ether oxygens (including phenoxy) is 1. The fraction of sp³-hybridized carbons (Fsp3) is 0.480. The molecule has 3 N–H and O–H groups in total. The van der Waals surface area contributed by atoms with Crippen molar-refractivity contribution >= 4 is 5.91 Å². The van der Waals surface area contributed by atoms with Gasteiger partial charge in [-0.3, -0.25) is 4.79 Å². The molecule has 5 heteroatoms. The molecule has 0 bridgehead atoms. The molecular weight excluding hydrogens is 374 g/mol. The van der Waals surface area contributed by atoms with E-state index >= 15 is 0 Å². The highest BCUT2D eigenvalue weighted by Gasteiger charge is 2.13. The van der Waals surface area contributed by atoms with E-state index in [1.165, 1.54) is 32.1 Å². The SMILES string of the molecule is O=C(NCCCCNCCNC1CCCCC1)c1ccccc1Oc1ccccc1. The summed E-state index contributed by atoms with van der Waals surface area (Å²) >= 11 is 0. The molecule has 0 spiro atoms. The van der Waals surface area contributed by atoms with Gasteiger partial charge in [0.1, 0.15) is 11.5 Å². The molecule has 1 aliphatic carbocycles. The maximum atomic E-state index is 12.6. The van der Waals surface area contributed by atoms with Crippen LogP contribution in [0, 0.1) is 0 Å². The minimum atomic E-state index is -0.0915. The van der Waals surface area contributed by atoms with Crippen molar-refractivity contribution in [3.05, 3.63) is 60.2 Å². The Morgan fingerprint density at radius 3 is 2.40 bits per heavy atom. The van der Waals surface area contributed by atoms with Gasteiger partial charge in [-0.15, -0.1) is 0 Å². The predicted octanol–water partition coefficient (Wildman–Crippen LogP) is 4.50. The summed E-state index contributed by atoms with van der Waals surface area (Å²) in [5.74, 6) is 1.21. The van der Waals surface area contributed by atoms with Crippen molar-refractivity contribution in [3.63, 3.8) is 0 Å². The number of para-hydroxylation sites is 2. The fourth-order valence-corrected chi connectivity index (χ4v) is 3.83. The number of hydrogen-bond donors (Lipinski definition) is 3. The molecule has 1 fully saturated rings. The quantitative estimate of drug-likeness (QED) is 0.452. The molecule has 0 aliphatic heterocycles. The van der Waals surface area contributed by atoms with Gasteiger partial charge in [0.05, 0.1) is 5.56 Å². The molecule has 0 aromatic heterocycles. The highest BCUT2D eigenvalue weighted by molar-refractivity contribution is 5.96. The number of carbonyl (C=O) groups excluding carboxylic acids is 1. The number of amides is 1. The van der Waals surface area contributed by atoms with E-state index in [-0.39, 0.29) is 5.91 Å². The smallest absolute Gasteiger partial charge is 0.255 e. The van der Waals surface area contributed by atoms with E-state index in [0.717, 1.165) is 44.3 Å². The van der Waals surface area contributed by atoms with Gasteiger partial charge in [0.25, 0.3) is 5.91 Å². The summed E-state index contributed by atoms with van der Waals surface area (Å²) in [7, 11) is 0. The van der Waals surface area contributed by atoms with Crippen LogP contribution >= 0.6 is 0 Å². The van der Waals surface area contributed by atoms with Crippen LogP contribution in [0.2, 0.25) is 0 Å². The standard InChI is InChI=1S/C25H35N3O2/c29-25(23-15-7-8-16-24(23)30-22-13-5-2-6-14-22)28-18-10-9-17-26-19-20-27-21-11-3-1-4-12-21/h2,5-8,13-16,21,26-27H,1,3-4,9-12,17-20H2,(H,28,29). The van der Waals surface area contributed by atoms with E-state index in [0.29, 0.717) is 17.9 Å². The maximum Gasteiger partial charge on any atom is 0.255 e. The highest BCUT2D eigenvalue weighted by atomic mass is 16.5. The van der Waals surface area contributed by atoms with Crippen LogP contribution in [-0.2, 0) is 0 Å². The number of nitrogens with one attached hydrogen (secondary N) is 3. The van der Waals surface area contributed by atoms with Crippen LogP contribution in [0.5, 0.6) is 11.5 Å². The third kappa shape index (κ3) is 7.81. The van der Waals surface area contributed by atoms with Gasteiger partial charge in [-0.1, -0.05) is 49.6 Å². The highest BCUT2D eigenvalue weighted by Crippen LogP contribution is 2.24. The first kappa shape index (κ1) is 22.3. The number of unbranched alkanes of at least 4 members (excludes halogenated alkanes) is 1. The molecular formula is C25H35N3O2. The summed E-state index contributed by atoms with van der Waals surface area (Å²) in [4.78, 5) is 12.6. The lowest BCUT2D eigenvalue weighted by atomic mass is 9.95. The van der Waals surface area contributed by atoms with E-state index in [9.17, 15) is 4.79 Å². The summed E-state index contributed by atoms with van der Waals surface area (Å²) in [5, 5.41) is 10.1. The zero-order valence-corrected chi connectivity index (χ0v) is 17.9. The Bertz CT molecular complexity index is 745. The van der Waals surface area contributed by atoms with E-state index < -0.39 is 0 Å². The molecule has 0 saturated heterocycles. The first-order chi connectivity index (χ1) is 14.8. The largest absolute Gasteiger partial charge is 0.457 e. The minimum Gasteiger partial charge on any atom is -0.457 e. The van der Waals surface area contributed by atoms with Crippen molar-refractivity contribution in [2.45, 2.75) is 51.0 Å². The van der Waals surface area contributed by atoms with Gasteiger partial charge < -0.3 is 20.7 Å². The topological polar surface area (TPSA) is 62.4 Å². The maximum absolute atomic E-state index is 12.6. The van der Waals surface area contributed by atoms with Crippen LogP contribution in [0.3, 0.4) is 0 Å². The lowest BCUT2D eigenvalue weighted by molar-refractivity contribution is 0.0950. The van der Waals surface area contributed by atoms with Crippen molar-refractivity contribution in [1.82, 2.24) is 16.0 Å². The minimum absolute atomic E-state index is 0.0915. The average molecular weight is 410 g/mol. The Balaban J connectivity index is 1.28. The van der Waals surface area contributed by atoms with Crippen LogP contribution in [0.15, 0.2) is 54.6 Å². The summed E-state index contributed by atoms with van der Waals surface area (Å²) in [6.07, 6.45) is 8.82. The van der Waals surface area contributed by atoms with Crippen LogP contribution in [0.1, 0.15) is 55.3 Å². The van der Waals surface area contributed by atoms with E-state index in [2.05, 4.69) is 16.0 Å². The summed E-state index contributed by atoms with van der Waals surface area (Å²) < 4.78 is 5.88. The number of rotatable bonds is 12. The zero-order valence-electron chi connectivity index (χ0n) is 17.9. The van der Waals surface area contributed by atoms with Crippen LogP contribution < -0.4 is 20.7 Å². The molecule has 30 heavy (non-hydrogen) atoms. The lowest BCUT2D eigenvalue weighted by Crippen LogP contribution is -2.36. The Morgan fingerprint density at radius 2 is 1.57 bits per heavy atom. The van der Waals surface area contributed by atoms with Crippen LogP contribution in [-0.4, -0.2) is 38.1 Å². The van der Waals surface area contributed by atoms with Crippen molar-refractivity contribution in [2.24, 2.45) is 0 Å². The molecule has 162 valence electrons. The van der Waals surface area contributed by atoms with Crippen LogP contribution in [0.25, 0.3) is 0 Å². The molecule has 2 aromatic carbocycles. The van der Waals surface area contributed by atoms with Crippen molar-refractivity contribution in [1.29, 1.82) is 0 Å². The molecule has 0 heterocycles. The summed E-state index contributed by atoms with van der Waals surface area (Å²) in [5.41, 5.74) is 0.563. The van der Waals surface area contributed by atoms with Gasteiger partial charge in [-0.2, -0.15) is 0 Å². The second-order valence-electron chi connectivity index (χ2n) is 7.91. The first-order valence-corrected chi connectivity index (χ1v) is 11.4. The Hall–Kier alpha value is -2.37. The zero-order chi connectivity index (χ0) is 20.9. The van der Waals surface area contributed by atoms with Gasteiger partial charge in [-0.05, 0) is 56.5 Å². The number of carbonyl (C=O) groups is 1. The normalized spacial score (nSPS) is 14.4. The number of hydrogen-bond acceptors (Lipinski definition) is 4. The average Bonchev–Trinajstić information content (AvgIpc) is 2.79. The molecule has 3 rings (SSSR count). The first-order valence-electron chi connectivity index (χ1n) is 11.4. The van der Waals surface area contributed by atoms with Crippen molar-refractivity contribution in [2.75, 3.05) is 26.2 Å². The second-order valence-corrected chi connectivity index (χ2v) is 7.91.